The van der Waals surface area contributed by atoms with Crippen LogP contribution in [0.25, 0.3) is 0 Å². The molecule has 1 aromatic rings. The zero-order valence-corrected chi connectivity index (χ0v) is 11.7. The third-order valence-corrected chi connectivity index (χ3v) is 4.35. The Hall–Kier alpha value is -0.610. The van der Waals surface area contributed by atoms with Crippen LogP contribution in [0.3, 0.4) is 0 Å². The molecule has 3 heterocycles. The first kappa shape index (κ1) is 11.5. The Morgan fingerprint density at radius 2 is 2.35 bits per heavy atom. The molecule has 3 rings (SSSR count). The van der Waals surface area contributed by atoms with Crippen LogP contribution in [0.5, 0.6) is 0 Å². The Labute approximate surface area is 111 Å². The molecule has 2 fully saturated rings. The van der Waals surface area contributed by atoms with Crippen molar-refractivity contribution < 1.29 is 0 Å². The van der Waals surface area contributed by atoms with Crippen molar-refractivity contribution in [2.75, 3.05) is 24.5 Å². The highest BCUT2D eigenvalue weighted by molar-refractivity contribution is 9.10. The quantitative estimate of drug-likeness (QED) is 0.862. The van der Waals surface area contributed by atoms with Gasteiger partial charge in [-0.3, -0.25) is 0 Å². The predicted octanol–water partition coefficient (Wildman–Crippen LogP) is 2.34. The van der Waals surface area contributed by atoms with E-state index >= 15 is 0 Å². The molecule has 0 radical (unpaired) electrons. The van der Waals surface area contributed by atoms with Crippen LogP contribution in [0.1, 0.15) is 18.4 Å². The monoisotopic (exact) mass is 295 g/mol. The zero-order valence-electron chi connectivity index (χ0n) is 10.1. The first-order valence-corrected chi connectivity index (χ1v) is 7.14. The van der Waals surface area contributed by atoms with E-state index in [1.165, 1.54) is 24.9 Å². The number of nitrogens with zero attached hydrogens (tertiary/aromatic N) is 2. The number of aryl methyl sites for hydroxylation is 1. The zero-order chi connectivity index (χ0) is 11.8. The summed E-state index contributed by atoms with van der Waals surface area (Å²) in [5, 5.41) is 3.63. The van der Waals surface area contributed by atoms with Gasteiger partial charge in [0.25, 0.3) is 0 Å². The van der Waals surface area contributed by atoms with E-state index in [0.29, 0.717) is 6.04 Å². The highest BCUT2D eigenvalue weighted by Crippen LogP contribution is 2.30. The van der Waals surface area contributed by atoms with Crippen LogP contribution >= 0.6 is 15.9 Å². The summed E-state index contributed by atoms with van der Waals surface area (Å²) < 4.78 is 1.06. The maximum Gasteiger partial charge on any atom is 0.131 e. The van der Waals surface area contributed by atoms with E-state index < -0.39 is 0 Å². The summed E-state index contributed by atoms with van der Waals surface area (Å²) >= 11 is 3.47. The molecule has 1 aromatic heterocycles. The number of hydrogen-bond donors (Lipinski definition) is 1. The van der Waals surface area contributed by atoms with Crippen molar-refractivity contribution in [2.24, 2.45) is 5.92 Å². The van der Waals surface area contributed by atoms with Gasteiger partial charge >= 0.3 is 0 Å². The van der Waals surface area contributed by atoms with Crippen molar-refractivity contribution >= 4 is 21.7 Å². The second kappa shape index (κ2) is 4.58. The molecule has 4 heteroatoms. The second-order valence-electron chi connectivity index (χ2n) is 5.16. The lowest BCUT2D eigenvalue weighted by Gasteiger charge is -2.24. The summed E-state index contributed by atoms with van der Waals surface area (Å²) in [6, 6.07) is 2.83. The first-order chi connectivity index (χ1) is 8.24. The van der Waals surface area contributed by atoms with Gasteiger partial charge in [0.05, 0.1) is 0 Å². The lowest BCUT2D eigenvalue weighted by atomic mass is 9.94. The van der Waals surface area contributed by atoms with Gasteiger partial charge in [0.1, 0.15) is 5.82 Å². The molecule has 0 spiro atoms. The van der Waals surface area contributed by atoms with Gasteiger partial charge in [-0.25, -0.2) is 4.98 Å². The summed E-state index contributed by atoms with van der Waals surface area (Å²) in [5.74, 6) is 1.97. The van der Waals surface area contributed by atoms with Crippen molar-refractivity contribution in [1.82, 2.24) is 10.3 Å². The highest BCUT2D eigenvalue weighted by Gasteiger charge is 2.35. The molecule has 0 bridgehead atoms. The fraction of sp³-hybridized carbons (Fsp3) is 0.615. The van der Waals surface area contributed by atoms with Crippen LogP contribution in [-0.2, 0) is 0 Å². The summed E-state index contributed by atoms with van der Waals surface area (Å²) in [5.41, 5.74) is 1.26. The summed E-state index contributed by atoms with van der Waals surface area (Å²) in [6.45, 7) is 5.59. The number of hydrogen-bond acceptors (Lipinski definition) is 3. The average Bonchev–Trinajstić information content (AvgIpc) is 2.72. The summed E-state index contributed by atoms with van der Waals surface area (Å²) in [7, 11) is 0. The molecule has 0 amide bonds. The minimum absolute atomic E-state index is 0.675. The Bertz CT molecular complexity index is 407. The van der Waals surface area contributed by atoms with Gasteiger partial charge in [-0.05, 0) is 59.8 Å². The number of pyridine rings is 1. The van der Waals surface area contributed by atoms with Crippen molar-refractivity contribution in [3.05, 3.63) is 22.3 Å². The van der Waals surface area contributed by atoms with Crippen molar-refractivity contribution in [1.29, 1.82) is 0 Å². The first-order valence-electron chi connectivity index (χ1n) is 6.34. The fourth-order valence-corrected chi connectivity index (χ4v) is 3.53. The molecule has 2 aliphatic rings. The van der Waals surface area contributed by atoms with Gasteiger partial charge in [0.2, 0.25) is 0 Å². The fourth-order valence-electron chi connectivity index (χ4n) is 3.08. The number of anilines is 1. The minimum atomic E-state index is 0.675. The third kappa shape index (κ3) is 2.20. The van der Waals surface area contributed by atoms with Crippen LogP contribution in [0, 0.1) is 12.8 Å². The lowest BCUT2D eigenvalue weighted by Crippen LogP contribution is -2.40. The molecule has 2 saturated heterocycles. The minimum Gasteiger partial charge on any atom is -0.354 e. The molecule has 17 heavy (non-hydrogen) atoms. The highest BCUT2D eigenvalue weighted by atomic mass is 79.9. The molecule has 2 aliphatic heterocycles. The standard InChI is InChI=1S/C13H18BrN3/c1-9-5-11(14)6-16-13(9)17-7-10-3-2-4-15-12(10)8-17/h5-6,10,12,15H,2-4,7-8H2,1H3/t10-,12+/m0/s1. The molecule has 92 valence electrons. The number of halogens is 1. The summed E-state index contributed by atoms with van der Waals surface area (Å²) in [6.07, 6.45) is 4.59. The molecule has 0 unspecified atom stereocenters. The van der Waals surface area contributed by atoms with Crippen LogP contribution in [-0.4, -0.2) is 30.7 Å². The smallest absolute Gasteiger partial charge is 0.131 e. The van der Waals surface area contributed by atoms with Gasteiger partial charge < -0.3 is 10.2 Å². The normalized spacial score (nSPS) is 28.2. The number of nitrogens with one attached hydrogen (secondary N) is 1. The van der Waals surface area contributed by atoms with Crippen molar-refractivity contribution in [2.45, 2.75) is 25.8 Å². The van der Waals surface area contributed by atoms with E-state index in [1.54, 1.807) is 0 Å². The van der Waals surface area contributed by atoms with Gasteiger partial charge in [0.15, 0.2) is 0 Å². The molecule has 2 atom stereocenters. The largest absolute Gasteiger partial charge is 0.354 e. The maximum absolute atomic E-state index is 4.57. The van der Waals surface area contributed by atoms with E-state index in [4.69, 9.17) is 0 Å². The number of rotatable bonds is 1. The number of aromatic nitrogens is 1. The SMILES string of the molecule is Cc1cc(Br)cnc1N1C[C@@H]2CCCN[C@@H]2C1. The maximum atomic E-state index is 4.57. The van der Waals surface area contributed by atoms with E-state index in [2.05, 4.69) is 44.1 Å². The molecular formula is C13H18BrN3. The van der Waals surface area contributed by atoms with E-state index in [0.717, 1.165) is 29.3 Å². The predicted molar refractivity (Wildman–Crippen MR) is 73.4 cm³/mol. The van der Waals surface area contributed by atoms with Gasteiger partial charge in [-0.1, -0.05) is 0 Å². The molecule has 0 saturated carbocycles. The topological polar surface area (TPSA) is 28.2 Å². The van der Waals surface area contributed by atoms with Crippen molar-refractivity contribution in [3.63, 3.8) is 0 Å². The summed E-state index contributed by atoms with van der Waals surface area (Å²) in [4.78, 5) is 7.01. The van der Waals surface area contributed by atoms with Crippen LogP contribution in [0.4, 0.5) is 5.82 Å². The van der Waals surface area contributed by atoms with Gasteiger partial charge in [-0.2, -0.15) is 0 Å². The van der Waals surface area contributed by atoms with E-state index in [1.807, 2.05) is 6.20 Å². The Balaban J connectivity index is 1.81. The second-order valence-corrected chi connectivity index (χ2v) is 6.08. The molecule has 0 aromatic carbocycles. The van der Waals surface area contributed by atoms with Crippen LogP contribution in [0.2, 0.25) is 0 Å². The van der Waals surface area contributed by atoms with E-state index in [9.17, 15) is 0 Å². The molecule has 1 N–H and O–H groups in total. The van der Waals surface area contributed by atoms with Gasteiger partial charge in [-0.15, -0.1) is 0 Å². The van der Waals surface area contributed by atoms with Crippen LogP contribution in [0.15, 0.2) is 16.7 Å². The molecule has 3 nitrogen and oxygen atoms in total. The van der Waals surface area contributed by atoms with E-state index in [-0.39, 0.29) is 0 Å². The molecule has 0 aliphatic carbocycles. The van der Waals surface area contributed by atoms with Crippen molar-refractivity contribution in [3.8, 4) is 0 Å². The van der Waals surface area contributed by atoms with Crippen LogP contribution < -0.4 is 10.2 Å². The average molecular weight is 296 g/mol. The third-order valence-electron chi connectivity index (χ3n) is 3.92. The lowest BCUT2D eigenvalue weighted by molar-refractivity contribution is 0.340. The number of piperidine rings is 1. The Morgan fingerprint density at radius 1 is 1.47 bits per heavy atom. The Morgan fingerprint density at radius 3 is 3.12 bits per heavy atom. The van der Waals surface area contributed by atoms with Gasteiger partial charge in [0, 0.05) is 29.8 Å². The molecular weight excluding hydrogens is 278 g/mol. The number of fused-ring (bicyclic) bond motifs is 1. The Kier molecular flexibility index (Phi) is 3.09.